The number of hydrogen-bond acceptors (Lipinski definition) is 8. The summed E-state index contributed by atoms with van der Waals surface area (Å²) in [5, 5.41) is 7.73. The van der Waals surface area contributed by atoms with Gasteiger partial charge in [-0.25, -0.2) is 9.97 Å². The number of fused-ring (bicyclic) bond motifs is 1. The van der Waals surface area contributed by atoms with Gasteiger partial charge in [0, 0.05) is 28.7 Å². The van der Waals surface area contributed by atoms with Gasteiger partial charge >= 0.3 is 0 Å². The lowest BCUT2D eigenvalue weighted by atomic mass is 10.1. The molecule has 0 spiro atoms. The molecule has 1 unspecified atom stereocenters. The molecule has 32 heavy (non-hydrogen) atoms. The molecule has 0 saturated heterocycles. The van der Waals surface area contributed by atoms with E-state index in [1.54, 1.807) is 30.8 Å². The second-order valence-corrected chi connectivity index (χ2v) is 8.76. The van der Waals surface area contributed by atoms with Crippen LogP contribution in [0.3, 0.4) is 0 Å². The molecule has 5 rings (SSSR count). The van der Waals surface area contributed by atoms with E-state index in [2.05, 4.69) is 15.3 Å². The number of hydrogen-bond donors (Lipinski definition) is 1. The summed E-state index contributed by atoms with van der Waals surface area (Å²) >= 11 is 2.81. The lowest BCUT2D eigenvalue weighted by Crippen LogP contribution is -2.47. The summed E-state index contributed by atoms with van der Waals surface area (Å²) < 4.78 is 5.77. The number of benzene rings is 1. The maximum absolute atomic E-state index is 12.8. The summed E-state index contributed by atoms with van der Waals surface area (Å²) in [6.45, 7) is 1.53. The van der Waals surface area contributed by atoms with E-state index in [-0.39, 0.29) is 18.4 Å². The zero-order valence-corrected chi connectivity index (χ0v) is 18.5. The van der Waals surface area contributed by atoms with E-state index < -0.39 is 6.10 Å². The number of carbonyl (C=O) groups is 2. The molecule has 2 amide bonds. The zero-order valence-electron chi connectivity index (χ0n) is 16.9. The van der Waals surface area contributed by atoms with Gasteiger partial charge in [0.15, 0.2) is 11.2 Å². The summed E-state index contributed by atoms with van der Waals surface area (Å²) in [7, 11) is 0. The third-order valence-electron chi connectivity index (χ3n) is 4.83. The number of amides is 2. The first-order valence-electron chi connectivity index (χ1n) is 9.77. The Morgan fingerprint density at radius 2 is 2.06 bits per heavy atom. The van der Waals surface area contributed by atoms with Gasteiger partial charge in [-0.2, -0.15) is 0 Å². The fourth-order valence-electron chi connectivity index (χ4n) is 3.33. The van der Waals surface area contributed by atoms with Crippen LogP contribution in [0.2, 0.25) is 0 Å². The smallest absolute Gasteiger partial charge is 0.268 e. The van der Waals surface area contributed by atoms with Crippen LogP contribution in [0.4, 0.5) is 10.8 Å². The van der Waals surface area contributed by atoms with E-state index in [0.29, 0.717) is 16.6 Å². The summed E-state index contributed by atoms with van der Waals surface area (Å²) in [4.78, 5) is 40.0. The average Bonchev–Trinajstić information content (AvgIpc) is 3.50. The number of aromatic nitrogens is 3. The maximum Gasteiger partial charge on any atom is 0.268 e. The van der Waals surface area contributed by atoms with Crippen LogP contribution in [0.15, 0.2) is 59.6 Å². The second-order valence-electron chi connectivity index (χ2n) is 7.01. The quantitative estimate of drug-likeness (QED) is 0.479. The first kappa shape index (κ1) is 20.3. The molecular formula is C22H17N5O3S2. The van der Waals surface area contributed by atoms with Crippen LogP contribution in [0.5, 0.6) is 5.75 Å². The van der Waals surface area contributed by atoms with Crippen molar-refractivity contribution in [2.75, 3.05) is 16.8 Å². The van der Waals surface area contributed by atoms with E-state index in [1.165, 1.54) is 27.6 Å². The molecule has 1 atom stereocenters. The molecule has 0 aliphatic carbocycles. The number of anilines is 2. The standard InChI is InChI=1S/C22H17N5O3S2/c1-13-21(29)27(11-19(28)26-22-24-8-9-31-22)17-10-14(5-6-18(17)30-13)16-12-32-20(25-16)15-4-2-3-7-23-15/h2-10,12-13H,11H2,1H3,(H,24,26,28). The minimum Gasteiger partial charge on any atom is -0.479 e. The van der Waals surface area contributed by atoms with Crippen LogP contribution in [0.1, 0.15) is 6.92 Å². The first-order chi connectivity index (χ1) is 15.6. The highest BCUT2D eigenvalue weighted by Crippen LogP contribution is 2.38. The highest BCUT2D eigenvalue weighted by atomic mass is 32.1. The van der Waals surface area contributed by atoms with Gasteiger partial charge in [0.2, 0.25) is 5.91 Å². The Bertz CT molecular complexity index is 1270. The van der Waals surface area contributed by atoms with Gasteiger partial charge < -0.3 is 10.1 Å². The Labute approximate surface area is 191 Å². The summed E-state index contributed by atoms with van der Waals surface area (Å²) in [6, 6.07) is 11.2. The second kappa shape index (κ2) is 8.48. The zero-order chi connectivity index (χ0) is 22.1. The number of carbonyl (C=O) groups excluding carboxylic acids is 2. The number of nitrogens with zero attached hydrogens (tertiary/aromatic N) is 4. The maximum atomic E-state index is 12.8. The molecule has 0 radical (unpaired) electrons. The SMILES string of the molecule is CC1Oc2ccc(-c3csc(-c4ccccn4)n3)cc2N(CC(=O)Nc2nccs2)C1=O. The molecule has 8 nitrogen and oxygen atoms in total. The molecule has 0 saturated carbocycles. The monoisotopic (exact) mass is 463 g/mol. The van der Waals surface area contributed by atoms with Crippen molar-refractivity contribution in [3.63, 3.8) is 0 Å². The Morgan fingerprint density at radius 3 is 2.84 bits per heavy atom. The predicted molar refractivity (Wildman–Crippen MR) is 124 cm³/mol. The minimum absolute atomic E-state index is 0.140. The van der Waals surface area contributed by atoms with Crippen molar-refractivity contribution in [2.45, 2.75) is 13.0 Å². The van der Waals surface area contributed by atoms with E-state index in [0.717, 1.165) is 22.0 Å². The van der Waals surface area contributed by atoms with Crippen molar-refractivity contribution in [3.8, 4) is 27.7 Å². The summed E-state index contributed by atoms with van der Waals surface area (Å²) in [5.41, 5.74) is 2.91. The van der Waals surface area contributed by atoms with Crippen LogP contribution < -0.4 is 15.0 Å². The van der Waals surface area contributed by atoms with E-state index in [4.69, 9.17) is 9.72 Å². The molecule has 4 aromatic rings. The lowest BCUT2D eigenvalue weighted by Gasteiger charge is -2.32. The molecule has 1 aliphatic rings. The minimum atomic E-state index is -0.684. The number of thiazole rings is 2. The molecule has 4 heterocycles. The van der Waals surface area contributed by atoms with Gasteiger partial charge in [-0.05, 0) is 37.3 Å². The Kier molecular flexibility index (Phi) is 5.38. The number of rotatable bonds is 5. The van der Waals surface area contributed by atoms with Crippen LogP contribution in [-0.2, 0) is 9.59 Å². The van der Waals surface area contributed by atoms with E-state index >= 15 is 0 Å². The fraction of sp³-hybridized carbons (Fsp3) is 0.136. The summed E-state index contributed by atoms with van der Waals surface area (Å²) in [6.07, 6.45) is 2.65. The molecule has 0 fully saturated rings. The van der Waals surface area contributed by atoms with Crippen molar-refractivity contribution in [2.24, 2.45) is 0 Å². The van der Waals surface area contributed by atoms with Crippen molar-refractivity contribution in [1.29, 1.82) is 0 Å². The van der Waals surface area contributed by atoms with Crippen LogP contribution in [-0.4, -0.2) is 39.4 Å². The third-order valence-corrected chi connectivity index (χ3v) is 6.38. The Balaban J connectivity index is 1.45. The highest BCUT2D eigenvalue weighted by Gasteiger charge is 2.33. The van der Waals surface area contributed by atoms with Gasteiger partial charge in [-0.3, -0.25) is 19.5 Å². The van der Waals surface area contributed by atoms with Gasteiger partial charge in [-0.1, -0.05) is 6.07 Å². The van der Waals surface area contributed by atoms with Gasteiger partial charge in [-0.15, -0.1) is 22.7 Å². The molecule has 0 bridgehead atoms. The van der Waals surface area contributed by atoms with Crippen LogP contribution in [0, 0.1) is 0 Å². The number of pyridine rings is 1. The molecular weight excluding hydrogens is 446 g/mol. The van der Waals surface area contributed by atoms with Gasteiger partial charge in [0.05, 0.1) is 17.1 Å². The molecule has 10 heteroatoms. The van der Waals surface area contributed by atoms with Crippen LogP contribution >= 0.6 is 22.7 Å². The molecule has 1 aromatic carbocycles. The summed E-state index contributed by atoms with van der Waals surface area (Å²) in [5.74, 6) is -0.0654. The third kappa shape index (κ3) is 3.97. The van der Waals surface area contributed by atoms with Crippen molar-refractivity contribution < 1.29 is 14.3 Å². The largest absolute Gasteiger partial charge is 0.479 e. The van der Waals surface area contributed by atoms with E-state index in [9.17, 15) is 9.59 Å². The number of ether oxygens (including phenoxy) is 1. The van der Waals surface area contributed by atoms with Crippen molar-refractivity contribution in [1.82, 2.24) is 15.0 Å². The number of nitrogens with one attached hydrogen (secondary N) is 1. The van der Waals surface area contributed by atoms with Crippen LogP contribution in [0.25, 0.3) is 22.0 Å². The predicted octanol–water partition coefficient (Wildman–Crippen LogP) is 4.08. The Morgan fingerprint density at radius 1 is 1.16 bits per heavy atom. The highest BCUT2D eigenvalue weighted by molar-refractivity contribution is 7.14. The van der Waals surface area contributed by atoms with E-state index in [1.807, 2.05) is 35.7 Å². The van der Waals surface area contributed by atoms with Crippen molar-refractivity contribution >= 4 is 45.3 Å². The Hall–Kier alpha value is -3.63. The van der Waals surface area contributed by atoms with Crippen molar-refractivity contribution in [3.05, 3.63) is 59.6 Å². The molecule has 1 N–H and O–H groups in total. The molecule has 160 valence electrons. The molecule has 3 aromatic heterocycles. The lowest BCUT2D eigenvalue weighted by molar-refractivity contribution is -0.127. The first-order valence-corrected chi connectivity index (χ1v) is 11.5. The topological polar surface area (TPSA) is 97.3 Å². The molecule has 1 aliphatic heterocycles. The van der Waals surface area contributed by atoms with Gasteiger partial charge in [0.1, 0.15) is 17.3 Å². The average molecular weight is 464 g/mol. The normalized spacial score (nSPS) is 15.2. The fourth-order valence-corrected chi connectivity index (χ4v) is 4.68. The van der Waals surface area contributed by atoms with Gasteiger partial charge in [0.25, 0.3) is 5.91 Å².